The SMILES string of the molecule is CCCOCCCC(C(=O)O)(C(=O)O)c1ccccc1. The highest BCUT2D eigenvalue weighted by Gasteiger charge is 2.47. The summed E-state index contributed by atoms with van der Waals surface area (Å²) in [6.07, 6.45) is 1.26. The van der Waals surface area contributed by atoms with E-state index in [1.807, 2.05) is 6.92 Å². The minimum absolute atomic E-state index is 0.00535. The molecule has 110 valence electrons. The van der Waals surface area contributed by atoms with Crippen molar-refractivity contribution in [1.82, 2.24) is 0 Å². The Kier molecular flexibility index (Phi) is 6.18. The van der Waals surface area contributed by atoms with Crippen molar-refractivity contribution in [3.8, 4) is 0 Å². The number of carbonyl (C=O) groups is 2. The van der Waals surface area contributed by atoms with Crippen molar-refractivity contribution < 1.29 is 24.5 Å². The molecule has 0 amide bonds. The molecule has 0 aromatic heterocycles. The van der Waals surface area contributed by atoms with E-state index in [2.05, 4.69) is 0 Å². The fourth-order valence-corrected chi connectivity index (χ4v) is 2.11. The van der Waals surface area contributed by atoms with E-state index < -0.39 is 17.4 Å². The molecule has 0 aliphatic carbocycles. The van der Waals surface area contributed by atoms with E-state index in [0.29, 0.717) is 19.6 Å². The molecule has 5 nitrogen and oxygen atoms in total. The first-order valence-electron chi connectivity index (χ1n) is 6.65. The van der Waals surface area contributed by atoms with Crippen LogP contribution in [0.15, 0.2) is 30.3 Å². The first kappa shape index (κ1) is 16.2. The maximum absolute atomic E-state index is 11.6. The Morgan fingerprint density at radius 1 is 1.10 bits per heavy atom. The van der Waals surface area contributed by atoms with Crippen LogP contribution in [0.4, 0.5) is 0 Å². The maximum atomic E-state index is 11.6. The van der Waals surface area contributed by atoms with E-state index in [9.17, 15) is 19.8 Å². The Labute approximate surface area is 118 Å². The third kappa shape index (κ3) is 3.57. The number of hydrogen-bond donors (Lipinski definition) is 2. The van der Waals surface area contributed by atoms with E-state index in [4.69, 9.17) is 4.74 Å². The lowest BCUT2D eigenvalue weighted by atomic mass is 9.76. The molecule has 0 unspecified atom stereocenters. The predicted octanol–water partition coefficient (Wildman–Crippen LogP) is 2.30. The van der Waals surface area contributed by atoms with Crippen molar-refractivity contribution in [2.75, 3.05) is 13.2 Å². The first-order chi connectivity index (χ1) is 9.55. The molecule has 0 aliphatic rings. The van der Waals surface area contributed by atoms with Crippen LogP contribution in [0.5, 0.6) is 0 Å². The van der Waals surface area contributed by atoms with Crippen LogP contribution in [0.3, 0.4) is 0 Å². The molecule has 1 aromatic rings. The second-order valence-electron chi connectivity index (χ2n) is 4.60. The van der Waals surface area contributed by atoms with Crippen LogP contribution in [-0.4, -0.2) is 35.4 Å². The number of hydrogen-bond acceptors (Lipinski definition) is 3. The lowest BCUT2D eigenvalue weighted by molar-refractivity contribution is -0.158. The van der Waals surface area contributed by atoms with Crippen molar-refractivity contribution in [2.45, 2.75) is 31.6 Å². The Hall–Kier alpha value is -1.88. The fourth-order valence-electron chi connectivity index (χ4n) is 2.11. The topological polar surface area (TPSA) is 83.8 Å². The molecule has 2 N–H and O–H groups in total. The zero-order valence-corrected chi connectivity index (χ0v) is 11.5. The summed E-state index contributed by atoms with van der Waals surface area (Å²) in [5, 5.41) is 18.9. The monoisotopic (exact) mass is 280 g/mol. The normalized spacial score (nSPS) is 11.2. The molecule has 0 heterocycles. The number of ether oxygens (including phenoxy) is 1. The van der Waals surface area contributed by atoms with Crippen LogP contribution in [0.2, 0.25) is 0 Å². The quantitative estimate of drug-likeness (QED) is 0.535. The summed E-state index contributed by atoms with van der Waals surface area (Å²) in [5.41, 5.74) is -1.62. The molecular weight excluding hydrogens is 260 g/mol. The summed E-state index contributed by atoms with van der Waals surface area (Å²) in [6, 6.07) is 8.08. The summed E-state index contributed by atoms with van der Waals surface area (Å²) in [5.74, 6) is -2.68. The average molecular weight is 280 g/mol. The Morgan fingerprint density at radius 3 is 2.20 bits per heavy atom. The smallest absolute Gasteiger partial charge is 0.325 e. The van der Waals surface area contributed by atoms with Crippen molar-refractivity contribution in [2.24, 2.45) is 0 Å². The molecule has 1 aromatic carbocycles. The summed E-state index contributed by atoms with van der Waals surface area (Å²) in [7, 11) is 0. The molecule has 0 atom stereocenters. The third-order valence-electron chi connectivity index (χ3n) is 3.19. The number of carboxylic acids is 2. The van der Waals surface area contributed by atoms with Gasteiger partial charge in [-0.2, -0.15) is 0 Å². The van der Waals surface area contributed by atoms with Gasteiger partial charge in [-0.25, -0.2) is 0 Å². The third-order valence-corrected chi connectivity index (χ3v) is 3.19. The molecule has 0 aliphatic heterocycles. The van der Waals surface area contributed by atoms with Gasteiger partial charge in [-0.05, 0) is 24.8 Å². The standard InChI is InChI=1S/C15H20O5/c1-2-10-20-11-6-9-15(13(16)17,14(18)19)12-7-4-3-5-8-12/h3-5,7-8H,2,6,9-11H2,1H3,(H,16,17)(H,18,19). The number of rotatable bonds is 9. The van der Waals surface area contributed by atoms with E-state index in [1.165, 1.54) is 12.1 Å². The molecule has 0 saturated heterocycles. The van der Waals surface area contributed by atoms with Crippen LogP contribution in [-0.2, 0) is 19.7 Å². The molecule has 0 saturated carbocycles. The Balaban J connectivity index is 2.90. The number of benzene rings is 1. The van der Waals surface area contributed by atoms with Crippen molar-refractivity contribution >= 4 is 11.9 Å². The lowest BCUT2D eigenvalue weighted by Gasteiger charge is -2.25. The van der Waals surface area contributed by atoms with Gasteiger partial charge in [-0.3, -0.25) is 9.59 Å². The zero-order chi connectivity index (χ0) is 15.0. The van der Waals surface area contributed by atoms with Crippen LogP contribution in [0, 0.1) is 0 Å². The van der Waals surface area contributed by atoms with Gasteiger partial charge in [-0.1, -0.05) is 37.3 Å². The summed E-state index contributed by atoms with van der Waals surface area (Å²) in [6.45, 7) is 2.93. The second-order valence-corrected chi connectivity index (χ2v) is 4.60. The Morgan fingerprint density at radius 2 is 1.70 bits per heavy atom. The summed E-state index contributed by atoms with van der Waals surface area (Å²) >= 11 is 0. The van der Waals surface area contributed by atoms with Crippen molar-refractivity contribution in [3.05, 3.63) is 35.9 Å². The summed E-state index contributed by atoms with van der Waals surface area (Å²) in [4.78, 5) is 23.1. The van der Waals surface area contributed by atoms with Gasteiger partial charge in [0.15, 0.2) is 5.41 Å². The molecule has 0 bridgehead atoms. The molecule has 0 radical (unpaired) electrons. The zero-order valence-electron chi connectivity index (χ0n) is 11.5. The predicted molar refractivity (Wildman–Crippen MR) is 73.7 cm³/mol. The van der Waals surface area contributed by atoms with Crippen molar-refractivity contribution in [3.63, 3.8) is 0 Å². The Bertz CT molecular complexity index is 427. The highest BCUT2D eigenvalue weighted by Crippen LogP contribution is 2.30. The van der Waals surface area contributed by atoms with Gasteiger partial charge < -0.3 is 14.9 Å². The summed E-state index contributed by atoms with van der Waals surface area (Å²) < 4.78 is 5.29. The number of carboxylic acid groups (broad SMARTS) is 2. The molecule has 0 spiro atoms. The van der Waals surface area contributed by atoms with Crippen LogP contribution >= 0.6 is 0 Å². The van der Waals surface area contributed by atoms with E-state index >= 15 is 0 Å². The van der Waals surface area contributed by atoms with Gasteiger partial charge in [0.25, 0.3) is 0 Å². The molecule has 5 heteroatoms. The van der Waals surface area contributed by atoms with E-state index in [-0.39, 0.29) is 12.0 Å². The highest BCUT2D eigenvalue weighted by atomic mass is 16.5. The second kappa shape index (κ2) is 7.65. The van der Waals surface area contributed by atoms with Gasteiger partial charge >= 0.3 is 11.9 Å². The highest BCUT2D eigenvalue weighted by molar-refractivity contribution is 6.04. The van der Waals surface area contributed by atoms with E-state index in [0.717, 1.165) is 6.42 Å². The fraction of sp³-hybridized carbons (Fsp3) is 0.467. The van der Waals surface area contributed by atoms with Gasteiger partial charge in [-0.15, -0.1) is 0 Å². The minimum Gasteiger partial charge on any atom is -0.480 e. The van der Waals surface area contributed by atoms with Crippen LogP contribution in [0.25, 0.3) is 0 Å². The molecular formula is C15H20O5. The van der Waals surface area contributed by atoms with Gasteiger partial charge in [0.2, 0.25) is 0 Å². The lowest BCUT2D eigenvalue weighted by Crippen LogP contribution is -2.44. The van der Waals surface area contributed by atoms with Gasteiger partial charge in [0.1, 0.15) is 0 Å². The van der Waals surface area contributed by atoms with E-state index in [1.54, 1.807) is 18.2 Å². The minimum atomic E-state index is -1.91. The van der Waals surface area contributed by atoms with Gasteiger partial charge in [0.05, 0.1) is 0 Å². The number of aliphatic carboxylic acids is 2. The van der Waals surface area contributed by atoms with Crippen molar-refractivity contribution in [1.29, 1.82) is 0 Å². The van der Waals surface area contributed by atoms with Crippen LogP contribution in [0.1, 0.15) is 31.7 Å². The molecule has 0 fully saturated rings. The largest absolute Gasteiger partial charge is 0.480 e. The molecule has 1 rings (SSSR count). The maximum Gasteiger partial charge on any atom is 0.325 e. The van der Waals surface area contributed by atoms with Gasteiger partial charge in [0, 0.05) is 13.2 Å². The average Bonchev–Trinajstić information content (AvgIpc) is 2.43. The van der Waals surface area contributed by atoms with Crippen LogP contribution < -0.4 is 0 Å². The molecule has 20 heavy (non-hydrogen) atoms. The first-order valence-corrected chi connectivity index (χ1v) is 6.65.